The van der Waals surface area contributed by atoms with Crippen molar-refractivity contribution in [2.45, 2.75) is 52.2 Å². The second-order valence-electron chi connectivity index (χ2n) is 5.38. The van der Waals surface area contributed by atoms with Gasteiger partial charge in [0.1, 0.15) is 0 Å². The quantitative estimate of drug-likeness (QED) is 0.732. The molecular weight excluding hydrogens is 208 g/mol. The first-order valence-electron chi connectivity index (χ1n) is 5.55. The van der Waals surface area contributed by atoms with Gasteiger partial charge in [-0.2, -0.15) is 0 Å². The summed E-state index contributed by atoms with van der Waals surface area (Å²) in [6.07, 6.45) is 0.318. The number of hydrogen-bond donors (Lipinski definition) is 1. The number of aliphatic carboxylic acids is 1. The van der Waals surface area contributed by atoms with Gasteiger partial charge in [-0.3, -0.25) is 0 Å². The highest BCUT2D eigenvalue weighted by Crippen LogP contribution is 2.27. The van der Waals surface area contributed by atoms with E-state index in [2.05, 4.69) is 0 Å². The number of methoxy groups -OCH3 is 1. The largest absolute Gasteiger partial charge is 0.479 e. The van der Waals surface area contributed by atoms with E-state index < -0.39 is 17.2 Å². The summed E-state index contributed by atoms with van der Waals surface area (Å²) in [5.74, 6) is -0.636. The summed E-state index contributed by atoms with van der Waals surface area (Å²) in [6.45, 7) is 9.72. The fourth-order valence-corrected chi connectivity index (χ4v) is 1.42. The lowest BCUT2D eigenvalue weighted by atomic mass is 9.90. The van der Waals surface area contributed by atoms with Crippen molar-refractivity contribution in [2.75, 3.05) is 13.7 Å². The first-order valence-corrected chi connectivity index (χ1v) is 5.55. The van der Waals surface area contributed by atoms with Crippen molar-refractivity contribution in [3.8, 4) is 0 Å². The predicted octanol–water partition coefficient (Wildman–Crippen LogP) is 2.32. The summed E-state index contributed by atoms with van der Waals surface area (Å²) in [5.41, 5.74) is -1.70. The third kappa shape index (κ3) is 4.94. The van der Waals surface area contributed by atoms with Gasteiger partial charge in [-0.25, -0.2) is 4.79 Å². The van der Waals surface area contributed by atoms with E-state index in [4.69, 9.17) is 9.47 Å². The normalized spacial score (nSPS) is 16.2. The topological polar surface area (TPSA) is 55.8 Å². The fourth-order valence-electron chi connectivity index (χ4n) is 1.42. The van der Waals surface area contributed by atoms with Crippen LogP contribution in [0.5, 0.6) is 0 Å². The molecule has 0 aromatic carbocycles. The fraction of sp³-hybridized carbons (Fsp3) is 0.917. The average Bonchev–Trinajstić information content (AvgIpc) is 2.14. The molecule has 1 N–H and O–H groups in total. The molecule has 0 aliphatic rings. The molecule has 0 fully saturated rings. The summed E-state index contributed by atoms with van der Waals surface area (Å²) in [6, 6.07) is 0. The van der Waals surface area contributed by atoms with Gasteiger partial charge in [0.2, 0.25) is 0 Å². The molecule has 1 atom stereocenters. The van der Waals surface area contributed by atoms with E-state index in [1.165, 1.54) is 0 Å². The van der Waals surface area contributed by atoms with E-state index in [0.717, 1.165) is 0 Å². The Morgan fingerprint density at radius 1 is 1.31 bits per heavy atom. The molecule has 4 heteroatoms. The van der Waals surface area contributed by atoms with E-state index in [-0.39, 0.29) is 0 Å². The van der Waals surface area contributed by atoms with Crippen LogP contribution < -0.4 is 0 Å². The molecule has 0 rings (SSSR count). The Balaban J connectivity index is 4.64. The SMILES string of the molecule is COC(C)(C)CC(C)(OCC(C)C)C(=O)O. The Morgan fingerprint density at radius 2 is 1.81 bits per heavy atom. The van der Waals surface area contributed by atoms with Crippen LogP contribution in [-0.4, -0.2) is 36.0 Å². The van der Waals surface area contributed by atoms with Crippen molar-refractivity contribution >= 4 is 5.97 Å². The third-order valence-corrected chi connectivity index (χ3v) is 2.50. The molecule has 0 heterocycles. The minimum absolute atomic E-state index is 0.310. The number of carboxylic acids is 1. The molecule has 0 amide bonds. The summed E-state index contributed by atoms with van der Waals surface area (Å²) in [4.78, 5) is 11.2. The second kappa shape index (κ2) is 5.64. The molecule has 0 spiro atoms. The molecule has 16 heavy (non-hydrogen) atoms. The van der Waals surface area contributed by atoms with Crippen LogP contribution in [0.15, 0.2) is 0 Å². The van der Waals surface area contributed by atoms with Crippen LogP contribution >= 0.6 is 0 Å². The maximum atomic E-state index is 11.2. The van der Waals surface area contributed by atoms with Gasteiger partial charge in [-0.15, -0.1) is 0 Å². The van der Waals surface area contributed by atoms with Gasteiger partial charge in [0, 0.05) is 13.5 Å². The summed E-state index contributed by atoms with van der Waals surface area (Å²) in [5, 5.41) is 9.22. The minimum atomic E-state index is -1.19. The van der Waals surface area contributed by atoms with Crippen LogP contribution in [0.4, 0.5) is 0 Å². The smallest absolute Gasteiger partial charge is 0.335 e. The Kier molecular flexibility index (Phi) is 5.42. The summed E-state index contributed by atoms with van der Waals surface area (Å²) >= 11 is 0. The lowest BCUT2D eigenvalue weighted by Gasteiger charge is -2.34. The monoisotopic (exact) mass is 232 g/mol. The highest BCUT2D eigenvalue weighted by Gasteiger charge is 2.40. The number of rotatable bonds is 7. The Hall–Kier alpha value is -0.610. The zero-order valence-corrected chi connectivity index (χ0v) is 11.2. The standard InChI is InChI=1S/C12H24O4/c1-9(2)7-16-12(5,10(13)14)8-11(3,4)15-6/h9H,7-8H2,1-6H3,(H,13,14). The van der Waals surface area contributed by atoms with E-state index in [1.807, 2.05) is 27.7 Å². The molecule has 96 valence electrons. The zero-order valence-electron chi connectivity index (χ0n) is 11.2. The first-order chi connectivity index (χ1) is 7.13. The highest BCUT2D eigenvalue weighted by atomic mass is 16.5. The van der Waals surface area contributed by atoms with Crippen molar-refractivity contribution in [2.24, 2.45) is 5.92 Å². The van der Waals surface area contributed by atoms with Gasteiger partial charge in [0.25, 0.3) is 0 Å². The molecule has 0 aromatic heterocycles. The Morgan fingerprint density at radius 3 is 2.12 bits per heavy atom. The van der Waals surface area contributed by atoms with Gasteiger partial charge in [-0.1, -0.05) is 13.8 Å². The molecule has 1 unspecified atom stereocenters. The second-order valence-corrected chi connectivity index (χ2v) is 5.38. The van der Waals surface area contributed by atoms with Crippen LogP contribution in [0.3, 0.4) is 0 Å². The lowest BCUT2D eigenvalue weighted by molar-refractivity contribution is -0.174. The summed E-state index contributed by atoms with van der Waals surface area (Å²) < 4.78 is 10.8. The van der Waals surface area contributed by atoms with E-state index >= 15 is 0 Å². The van der Waals surface area contributed by atoms with Crippen LogP contribution in [0.25, 0.3) is 0 Å². The molecule has 0 aliphatic carbocycles. The van der Waals surface area contributed by atoms with Crippen molar-refractivity contribution in [3.63, 3.8) is 0 Å². The minimum Gasteiger partial charge on any atom is -0.479 e. The van der Waals surface area contributed by atoms with Gasteiger partial charge in [0.15, 0.2) is 5.60 Å². The van der Waals surface area contributed by atoms with Crippen LogP contribution in [0.2, 0.25) is 0 Å². The molecule has 0 aliphatic heterocycles. The molecule has 0 saturated heterocycles. The molecule has 4 nitrogen and oxygen atoms in total. The van der Waals surface area contributed by atoms with Crippen molar-refractivity contribution in [1.82, 2.24) is 0 Å². The summed E-state index contributed by atoms with van der Waals surface area (Å²) in [7, 11) is 1.57. The van der Waals surface area contributed by atoms with E-state index in [0.29, 0.717) is 18.9 Å². The van der Waals surface area contributed by atoms with Crippen LogP contribution in [0.1, 0.15) is 41.0 Å². The van der Waals surface area contributed by atoms with Crippen LogP contribution in [0, 0.1) is 5.92 Å². The highest BCUT2D eigenvalue weighted by molar-refractivity contribution is 5.77. The van der Waals surface area contributed by atoms with Crippen molar-refractivity contribution in [1.29, 1.82) is 0 Å². The van der Waals surface area contributed by atoms with Gasteiger partial charge in [0.05, 0.1) is 12.2 Å². The van der Waals surface area contributed by atoms with Crippen molar-refractivity contribution in [3.05, 3.63) is 0 Å². The van der Waals surface area contributed by atoms with E-state index in [1.54, 1.807) is 14.0 Å². The third-order valence-electron chi connectivity index (χ3n) is 2.50. The zero-order chi connectivity index (χ0) is 13.0. The average molecular weight is 232 g/mol. The number of carboxylic acid groups (broad SMARTS) is 1. The van der Waals surface area contributed by atoms with Crippen molar-refractivity contribution < 1.29 is 19.4 Å². The van der Waals surface area contributed by atoms with Gasteiger partial charge >= 0.3 is 5.97 Å². The van der Waals surface area contributed by atoms with Crippen LogP contribution in [-0.2, 0) is 14.3 Å². The maximum absolute atomic E-state index is 11.2. The Labute approximate surface area is 97.9 Å². The number of carbonyl (C=O) groups is 1. The molecule has 0 saturated carbocycles. The molecule has 0 bridgehead atoms. The molecule has 0 radical (unpaired) electrons. The Bertz CT molecular complexity index is 235. The molecule has 0 aromatic rings. The first kappa shape index (κ1) is 15.4. The van der Waals surface area contributed by atoms with Gasteiger partial charge < -0.3 is 14.6 Å². The lowest BCUT2D eigenvalue weighted by Crippen LogP contribution is -2.45. The van der Waals surface area contributed by atoms with Gasteiger partial charge in [-0.05, 0) is 26.7 Å². The maximum Gasteiger partial charge on any atom is 0.335 e. The predicted molar refractivity (Wildman–Crippen MR) is 62.5 cm³/mol. The molecular formula is C12H24O4. The number of hydrogen-bond acceptors (Lipinski definition) is 3. The van der Waals surface area contributed by atoms with E-state index in [9.17, 15) is 9.90 Å². The number of ether oxygens (including phenoxy) is 2.